The van der Waals surface area contributed by atoms with E-state index in [1.54, 1.807) is 26.0 Å². The fourth-order valence-electron chi connectivity index (χ4n) is 3.80. The maximum atomic E-state index is 14.9. The average molecular weight is 443 g/mol. The first-order chi connectivity index (χ1) is 15.9. The molecule has 33 heavy (non-hydrogen) atoms. The molecular formula is C26H27FN6. The highest BCUT2D eigenvalue weighted by Gasteiger charge is 2.25. The molecule has 0 amide bonds. The van der Waals surface area contributed by atoms with Crippen molar-refractivity contribution in [2.75, 3.05) is 11.4 Å². The number of aromatic nitrogens is 2. The number of nitrogens with zero attached hydrogens (tertiary/aromatic N) is 4. The van der Waals surface area contributed by atoms with Crippen molar-refractivity contribution in [1.29, 1.82) is 16.1 Å². The van der Waals surface area contributed by atoms with Crippen LogP contribution in [0.2, 0.25) is 0 Å². The van der Waals surface area contributed by atoms with Gasteiger partial charge in [-0.15, -0.1) is 0 Å². The zero-order valence-corrected chi connectivity index (χ0v) is 19.3. The van der Waals surface area contributed by atoms with E-state index in [1.807, 2.05) is 36.9 Å². The van der Waals surface area contributed by atoms with Gasteiger partial charge in [-0.2, -0.15) is 10.2 Å². The van der Waals surface area contributed by atoms with Gasteiger partial charge in [-0.25, -0.2) is 4.39 Å². The fourth-order valence-corrected chi connectivity index (χ4v) is 3.80. The summed E-state index contributed by atoms with van der Waals surface area (Å²) in [6.07, 6.45) is 2.60. The summed E-state index contributed by atoms with van der Waals surface area (Å²) in [5, 5.41) is 25.4. The molecule has 3 aromatic rings. The summed E-state index contributed by atoms with van der Waals surface area (Å²) in [4.78, 5) is 6.30. The molecule has 168 valence electrons. The molecular weight excluding hydrogens is 415 g/mol. The lowest BCUT2D eigenvalue weighted by atomic mass is 9.93. The van der Waals surface area contributed by atoms with Crippen LogP contribution < -0.4 is 10.5 Å². The van der Waals surface area contributed by atoms with Crippen LogP contribution in [0.4, 0.5) is 15.9 Å². The van der Waals surface area contributed by atoms with Crippen LogP contribution in [0.3, 0.4) is 0 Å². The average Bonchev–Trinajstić information content (AvgIpc) is 2.83. The van der Waals surface area contributed by atoms with Gasteiger partial charge in [0.2, 0.25) is 5.62 Å². The Bertz CT molecular complexity index is 1370. The number of hydrogen-bond donors (Lipinski definition) is 2. The second kappa shape index (κ2) is 9.67. The summed E-state index contributed by atoms with van der Waals surface area (Å²) in [5.41, 5.74) is 2.27. The highest BCUT2D eigenvalue weighted by atomic mass is 19.1. The van der Waals surface area contributed by atoms with Gasteiger partial charge >= 0.3 is 0 Å². The van der Waals surface area contributed by atoms with E-state index in [4.69, 9.17) is 10.8 Å². The molecule has 1 aromatic heterocycles. The molecule has 0 spiro atoms. The van der Waals surface area contributed by atoms with Crippen LogP contribution in [0.5, 0.6) is 0 Å². The molecule has 1 aliphatic rings. The normalized spacial score (nSPS) is 12.5. The summed E-state index contributed by atoms with van der Waals surface area (Å²) in [6.45, 7) is 8.18. The predicted molar refractivity (Wildman–Crippen MR) is 129 cm³/mol. The minimum Gasteiger partial charge on any atom is -0.325 e. The van der Waals surface area contributed by atoms with Crippen LogP contribution in [-0.4, -0.2) is 22.4 Å². The van der Waals surface area contributed by atoms with Gasteiger partial charge in [0.1, 0.15) is 17.1 Å². The number of anilines is 2. The van der Waals surface area contributed by atoms with Crippen LogP contribution in [-0.2, 0) is 6.42 Å². The Morgan fingerprint density at radius 3 is 2.61 bits per heavy atom. The predicted octanol–water partition coefficient (Wildman–Crippen LogP) is 5.12. The fraction of sp³-hybridized carbons (Fsp3) is 0.308. The van der Waals surface area contributed by atoms with Crippen molar-refractivity contribution in [3.63, 3.8) is 0 Å². The monoisotopic (exact) mass is 442 g/mol. The van der Waals surface area contributed by atoms with Gasteiger partial charge in [0.15, 0.2) is 0 Å². The Morgan fingerprint density at radius 2 is 1.91 bits per heavy atom. The number of hydrogen-bond acceptors (Lipinski definition) is 5. The second-order valence-corrected chi connectivity index (χ2v) is 7.94. The van der Waals surface area contributed by atoms with Crippen molar-refractivity contribution in [2.45, 2.75) is 40.5 Å². The Hall–Kier alpha value is -3.97. The Labute approximate surface area is 193 Å². The van der Waals surface area contributed by atoms with Gasteiger partial charge in [-0.1, -0.05) is 37.8 Å². The van der Waals surface area contributed by atoms with E-state index in [2.05, 4.69) is 22.9 Å². The lowest BCUT2D eigenvalue weighted by molar-refractivity contribution is 0.637. The quantitative estimate of drug-likeness (QED) is 0.328. The van der Waals surface area contributed by atoms with E-state index in [9.17, 15) is 9.65 Å². The third kappa shape index (κ3) is 4.49. The molecule has 0 fully saturated rings. The van der Waals surface area contributed by atoms with Crippen molar-refractivity contribution in [1.82, 2.24) is 9.55 Å². The summed E-state index contributed by atoms with van der Waals surface area (Å²) in [5.74, 6) is 6.09. The number of benzene rings is 2. The lowest BCUT2D eigenvalue weighted by Crippen LogP contribution is -2.31. The second-order valence-electron chi connectivity index (χ2n) is 7.94. The first kappa shape index (κ1) is 23.7. The van der Waals surface area contributed by atoms with Crippen molar-refractivity contribution < 1.29 is 4.39 Å². The van der Waals surface area contributed by atoms with Crippen LogP contribution in [0.1, 0.15) is 45.2 Å². The number of fused-ring (bicyclic) bond motifs is 2. The highest BCUT2D eigenvalue weighted by molar-refractivity contribution is 5.95. The van der Waals surface area contributed by atoms with Crippen molar-refractivity contribution in [3.05, 3.63) is 59.0 Å². The van der Waals surface area contributed by atoms with Crippen molar-refractivity contribution in [2.24, 2.45) is 5.41 Å². The van der Waals surface area contributed by atoms with E-state index in [0.717, 1.165) is 36.0 Å². The zero-order chi connectivity index (χ0) is 24.2. The Balaban J connectivity index is 0.00000149. The third-order valence-corrected chi connectivity index (χ3v) is 5.34. The van der Waals surface area contributed by atoms with E-state index < -0.39 is 11.2 Å². The summed E-state index contributed by atoms with van der Waals surface area (Å²) in [7, 11) is 0. The molecule has 7 heteroatoms. The first-order valence-corrected chi connectivity index (χ1v) is 11.0. The molecule has 0 aliphatic carbocycles. The maximum absolute atomic E-state index is 14.9. The van der Waals surface area contributed by atoms with E-state index >= 15 is 0 Å². The van der Waals surface area contributed by atoms with Crippen LogP contribution in [0, 0.1) is 45.2 Å². The Kier molecular flexibility index (Phi) is 6.94. The smallest absolute Gasteiger partial charge is 0.229 e. The van der Waals surface area contributed by atoms with E-state index in [0.29, 0.717) is 17.9 Å². The molecule has 0 saturated heterocycles. The number of rotatable bonds is 2. The van der Waals surface area contributed by atoms with E-state index in [1.165, 1.54) is 10.6 Å². The number of nitriles is 1. The summed E-state index contributed by atoms with van der Waals surface area (Å²) >= 11 is 0. The van der Waals surface area contributed by atoms with Gasteiger partial charge in [-0.3, -0.25) is 15.4 Å². The van der Waals surface area contributed by atoms with Gasteiger partial charge in [-0.05, 0) is 56.5 Å². The van der Waals surface area contributed by atoms with Crippen LogP contribution >= 0.6 is 0 Å². The molecule has 0 atom stereocenters. The molecule has 0 saturated carbocycles. The molecule has 0 radical (unpaired) electrons. The molecule has 1 aliphatic heterocycles. The van der Waals surface area contributed by atoms with Gasteiger partial charge in [0, 0.05) is 17.8 Å². The number of nitrogens with one attached hydrogen (secondary N) is 2. The molecule has 6 nitrogen and oxygen atoms in total. The topological polar surface area (TPSA) is 92.6 Å². The molecule has 4 rings (SSSR count). The van der Waals surface area contributed by atoms with Crippen molar-refractivity contribution in [3.8, 4) is 17.9 Å². The van der Waals surface area contributed by atoms with Crippen LogP contribution in [0.25, 0.3) is 10.9 Å². The standard InChI is InChI=1S/C24H21FN6.C2H6/c1-24(2,14-26)12-11-16-6-3-9-19-17(16)7-5-13-30(19)22-21-18(25)8-4-10-20(21)31(15-27)23(28)29-22;1-2/h3-4,6,8-10,15,27-28H,5,7,13H2,1-2H3;1-2H3. The van der Waals surface area contributed by atoms with Crippen LogP contribution in [0.15, 0.2) is 36.4 Å². The van der Waals surface area contributed by atoms with Gasteiger partial charge in [0.25, 0.3) is 0 Å². The summed E-state index contributed by atoms with van der Waals surface area (Å²) in [6, 6.07) is 12.6. The minimum absolute atomic E-state index is 0.137. The molecule has 0 unspecified atom stereocenters. The van der Waals surface area contributed by atoms with Crippen molar-refractivity contribution >= 4 is 28.7 Å². The summed E-state index contributed by atoms with van der Waals surface area (Å²) < 4.78 is 16.2. The van der Waals surface area contributed by atoms with E-state index in [-0.39, 0.29) is 11.0 Å². The maximum Gasteiger partial charge on any atom is 0.229 e. The molecule has 0 bridgehead atoms. The zero-order valence-electron chi connectivity index (χ0n) is 19.3. The first-order valence-electron chi connectivity index (χ1n) is 11.0. The largest absolute Gasteiger partial charge is 0.325 e. The third-order valence-electron chi connectivity index (χ3n) is 5.34. The number of halogens is 1. The van der Waals surface area contributed by atoms with Gasteiger partial charge < -0.3 is 4.90 Å². The SMILES string of the molecule is CC.CC(C)(C#N)C#Cc1cccc2c1CCCN2c1nc(=N)n(C=N)c2cccc(F)c12. The molecule has 2 aromatic carbocycles. The molecule has 2 heterocycles. The van der Waals surface area contributed by atoms with Gasteiger partial charge in [0.05, 0.1) is 23.3 Å². The lowest BCUT2D eigenvalue weighted by Gasteiger charge is -2.32. The Morgan fingerprint density at radius 1 is 1.18 bits per heavy atom. The minimum atomic E-state index is -0.752. The molecule has 2 N–H and O–H groups in total. The highest BCUT2D eigenvalue weighted by Crippen LogP contribution is 2.37.